The number of phenols is 2. The summed E-state index contributed by atoms with van der Waals surface area (Å²) in [6.45, 7) is 1.73. The second-order valence-corrected chi connectivity index (χ2v) is 5.28. The molecule has 0 spiro atoms. The Morgan fingerprint density at radius 2 is 1.95 bits per heavy atom. The Bertz CT molecular complexity index is 619. The molecule has 1 aromatic carbocycles. The summed E-state index contributed by atoms with van der Waals surface area (Å²) in [7, 11) is 0. The van der Waals surface area contributed by atoms with E-state index < -0.39 is 23.6 Å². The van der Waals surface area contributed by atoms with Gasteiger partial charge in [-0.25, -0.2) is 4.79 Å². The molecule has 0 radical (unpaired) electrons. The lowest BCUT2D eigenvalue weighted by Crippen LogP contribution is -2.20. The molecule has 22 heavy (non-hydrogen) atoms. The minimum atomic E-state index is -1.66. The van der Waals surface area contributed by atoms with Crippen molar-refractivity contribution < 1.29 is 29.6 Å². The summed E-state index contributed by atoms with van der Waals surface area (Å²) in [6.07, 6.45) is 2.82. The number of hydrogen-bond donors (Lipinski definition) is 3. The lowest BCUT2D eigenvalue weighted by Gasteiger charge is -2.18. The van der Waals surface area contributed by atoms with Crippen LogP contribution in [0.3, 0.4) is 0 Å². The fourth-order valence-corrected chi connectivity index (χ4v) is 2.34. The van der Waals surface area contributed by atoms with Crippen molar-refractivity contribution in [2.45, 2.75) is 38.4 Å². The van der Waals surface area contributed by atoms with E-state index in [-0.39, 0.29) is 23.0 Å². The predicted molar refractivity (Wildman–Crippen MR) is 77.6 cm³/mol. The van der Waals surface area contributed by atoms with Gasteiger partial charge in [0, 0.05) is 11.6 Å². The van der Waals surface area contributed by atoms with Crippen LogP contribution < -0.4 is 0 Å². The van der Waals surface area contributed by atoms with E-state index in [0.717, 1.165) is 18.6 Å². The highest BCUT2D eigenvalue weighted by molar-refractivity contribution is 6.00. The van der Waals surface area contributed by atoms with E-state index in [0.29, 0.717) is 12.8 Å². The number of fused-ring (bicyclic) bond motifs is 1. The maximum atomic E-state index is 12.2. The van der Waals surface area contributed by atoms with E-state index in [9.17, 15) is 24.9 Å². The average molecular weight is 306 g/mol. The lowest BCUT2D eigenvalue weighted by atomic mass is 9.97. The Kier molecular flexibility index (Phi) is 4.82. The maximum absolute atomic E-state index is 12.2. The minimum absolute atomic E-state index is 0.176. The van der Waals surface area contributed by atoms with E-state index in [1.54, 1.807) is 13.0 Å². The van der Waals surface area contributed by atoms with Crippen LogP contribution in [0.15, 0.2) is 24.3 Å². The lowest BCUT2D eigenvalue weighted by molar-refractivity contribution is -0.122. The van der Waals surface area contributed by atoms with E-state index in [2.05, 4.69) is 0 Å². The van der Waals surface area contributed by atoms with Crippen LogP contribution in [0.25, 0.3) is 0 Å². The molecule has 0 aromatic heterocycles. The standard InChI is InChI=1S/C16H18O6/c1-9-5-3-2-4-6-12(18)15(20)11-7-10(17)8-13(19)14(11)16(21)22-9/h4,6-9,15,17,19-20H,2-3,5H2,1H3/b6-4+. The summed E-state index contributed by atoms with van der Waals surface area (Å²) in [6, 6.07) is 2.03. The van der Waals surface area contributed by atoms with Gasteiger partial charge in [-0.05, 0) is 38.3 Å². The number of aromatic hydroxyl groups is 2. The zero-order valence-electron chi connectivity index (χ0n) is 12.2. The fourth-order valence-electron chi connectivity index (χ4n) is 2.34. The molecule has 3 N–H and O–H groups in total. The van der Waals surface area contributed by atoms with Crippen molar-refractivity contribution in [3.8, 4) is 11.5 Å². The highest BCUT2D eigenvalue weighted by Crippen LogP contribution is 2.33. The fraction of sp³-hybridized carbons (Fsp3) is 0.375. The number of allylic oxidation sites excluding steroid dienone is 1. The third-order valence-electron chi connectivity index (χ3n) is 3.47. The van der Waals surface area contributed by atoms with Crippen LogP contribution in [0.2, 0.25) is 0 Å². The van der Waals surface area contributed by atoms with Crippen molar-refractivity contribution in [3.63, 3.8) is 0 Å². The van der Waals surface area contributed by atoms with E-state index in [1.807, 2.05) is 0 Å². The molecule has 0 amide bonds. The second kappa shape index (κ2) is 6.62. The number of carbonyl (C=O) groups excluding carboxylic acids is 2. The average Bonchev–Trinajstić information content (AvgIpc) is 2.43. The van der Waals surface area contributed by atoms with Gasteiger partial charge in [0.25, 0.3) is 0 Å². The summed E-state index contributed by atoms with van der Waals surface area (Å²) in [5.41, 5.74) is -0.482. The zero-order valence-corrected chi connectivity index (χ0v) is 12.2. The molecule has 6 nitrogen and oxygen atoms in total. The Hall–Kier alpha value is -2.34. The van der Waals surface area contributed by atoms with Crippen LogP contribution in [0.1, 0.15) is 48.2 Å². The van der Waals surface area contributed by atoms with Crippen LogP contribution in [0, 0.1) is 0 Å². The number of hydrogen-bond acceptors (Lipinski definition) is 6. The number of esters is 1. The molecular formula is C16H18O6. The SMILES string of the molecule is CC1CCC/C=C/C(=O)C(O)c2cc(O)cc(O)c2C(=O)O1. The number of cyclic esters (lactones) is 1. The highest BCUT2D eigenvalue weighted by Gasteiger charge is 2.28. The van der Waals surface area contributed by atoms with Gasteiger partial charge in [0.15, 0.2) is 5.78 Å². The maximum Gasteiger partial charge on any atom is 0.342 e. The molecule has 2 atom stereocenters. The van der Waals surface area contributed by atoms with Crippen molar-refractivity contribution in [3.05, 3.63) is 35.4 Å². The molecule has 6 heteroatoms. The van der Waals surface area contributed by atoms with Crippen LogP contribution in [0.4, 0.5) is 0 Å². The van der Waals surface area contributed by atoms with Gasteiger partial charge in [-0.3, -0.25) is 4.79 Å². The molecule has 2 rings (SSSR count). The van der Waals surface area contributed by atoms with Gasteiger partial charge in [-0.2, -0.15) is 0 Å². The number of carbonyl (C=O) groups is 2. The Balaban J connectivity index is 2.54. The first-order valence-electron chi connectivity index (χ1n) is 7.05. The van der Waals surface area contributed by atoms with E-state index in [1.165, 1.54) is 6.08 Å². The molecule has 0 bridgehead atoms. The number of benzene rings is 1. The van der Waals surface area contributed by atoms with Gasteiger partial charge in [-0.1, -0.05) is 6.08 Å². The second-order valence-electron chi connectivity index (χ2n) is 5.28. The van der Waals surface area contributed by atoms with Crippen molar-refractivity contribution in [1.82, 2.24) is 0 Å². The van der Waals surface area contributed by atoms with Crippen LogP contribution in [-0.4, -0.2) is 33.2 Å². The largest absolute Gasteiger partial charge is 0.508 e. The van der Waals surface area contributed by atoms with E-state index >= 15 is 0 Å². The molecule has 0 saturated carbocycles. The van der Waals surface area contributed by atoms with Gasteiger partial charge in [0.1, 0.15) is 23.2 Å². The smallest absolute Gasteiger partial charge is 0.342 e. The molecule has 1 heterocycles. The van der Waals surface area contributed by atoms with Gasteiger partial charge in [0.05, 0.1) is 6.10 Å². The van der Waals surface area contributed by atoms with Crippen molar-refractivity contribution >= 4 is 11.8 Å². The first-order chi connectivity index (χ1) is 10.4. The zero-order chi connectivity index (χ0) is 16.3. The first kappa shape index (κ1) is 16.0. The normalized spacial score (nSPS) is 24.6. The Morgan fingerprint density at radius 1 is 1.23 bits per heavy atom. The third kappa shape index (κ3) is 3.46. The summed E-state index contributed by atoms with van der Waals surface area (Å²) in [5, 5.41) is 29.6. The van der Waals surface area contributed by atoms with E-state index in [4.69, 9.17) is 4.74 Å². The molecule has 1 aromatic rings. The summed E-state index contributed by atoms with van der Waals surface area (Å²) in [4.78, 5) is 24.1. The highest BCUT2D eigenvalue weighted by atomic mass is 16.5. The summed E-state index contributed by atoms with van der Waals surface area (Å²) >= 11 is 0. The topological polar surface area (TPSA) is 104 Å². The van der Waals surface area contributed by atoms with Crippen molar-refractivity contribution in [1.29, 1.82) is 0 Å². The van der Waals surface area contributed by atoms with Crippen LogP contribution in [0.5, 0.6) is 11.5 Å². The molecule has 2 unspecified atom stereocenters. The summed E-state index contributed by atoms with van der Waals surface area (Å²) in [5.74, 6) is -2.37. The Labute approximate surface area is 127 Å². The quantitative estimate of drug-likeness (QED) is 0.633. The molecule has 0 aliphatic carbocycles. The molecule has 0 saturated heterocycles. The number of aliphatic hydroxyl groups excluding tert-OH is 1. The summed E-state index contributed by atoms with van der Waals surface area (Å²) < 4.78 is 5.23. The van der Waals surface area contributed by atoms with Crippen LogP contribution >= 0.6 is 0 Å². The number of ketones is 1. The van der Waals surface area contributed by atoms with Crippen LogP contribution in [-0.2, 0) is 9.53 Å². The van der Waals surface area contributed by atoms with Gasteiger partial charge in [-0.15, -0.1) is 0 Å². The number of phenolic OH excluding ortho intramolecular Hbond substituents is 2. The number of rotatable bonds is 0. The molecule has 118 valence electrons. The van der Waals surface area contributed by atoms with Gasteiger partial charge < -0.3 is 20.1 Å². The number of ether oxygens (including phenoxy) is 1. The predicted octanol–water partition coefficient (Wildman–Crippen LogP) is 1.99. The Morgan fingerprint density at radius 3 is 2.68 bits per heavy atom. The van der Waals surface area contributed by atoms with Crippen molar-refractivity contribution in [2.75, 3.05) is 0 Å². The molecule has 1 aliphatic rings. The third-order valence-corrected chi connectivity index (χ3v) is 3.47. The van der Waals surface area contributed by atoms with Crippen molar-refractivity contribution in [2.24, 2.45) is 0 Å². The van der Waals surface area contributed by atoms with Gasteiger partial charge >= 0.3 is 5.97 Å². The molecule has 0 fully saturated rings. The monoisotopic (exact) mass is 306 g/mol. The first-order valence-corrected chi connectivity index (χ1v) is 7.05. The van der Waals surface area contributed by atoms with Gasteiger partial charge in [0.2, 0.25) is 0 Å². The number of aliphatic hydroxyl groups is 1. The molecule has 1 aliphatic heterocycles. The minimum Gasteiger partial charge on any atom is -0.508 e. The molecular weight excluding hydrogens is 288 g/mol.